The predicted molar refractivity (Wildman–Crippen MR) is 96.6 cm³/mol. The Bertz CT molecular complexity index is 844. The Labute approximate surface area is 158 Å². The third-order valence-electron chi connectivity index (χ3n) is 4.14. The summed E-state index contributed by atoms with van der Waals surface area (Å²) in [6, 6.07) is 2.72. The number of hydrogen-bond acceptors (Lipinski definition) is 5. The number of carbonyl (C=O) groups is 2. The molecule has 3 amide bonds. The molecule has 2 aromatic rings. The number of nitrogens with one attached hydrogen (secondary N) is 2. The second kappa shape index (κ2) is 8.38. The van der Waals surface area contributed by atoms with Crippen molar-refractivity contribution in [2.24, 2.45) is 0 Å². The zero-order chi connectivity index (χ0) is 19.4. The van der Waals surface area contributed by atoms with Gasteiger partial charge in [0.15, 0.2) is 11.6 Å². The minimum atomic E-state index is -1.05. The van der Waals surface area contributed by atoms with Crippen molar-refractivity contribution < 1.29 is 18.4 Å². The van der Waals surface area contributed by atoms with Crippen LogP contribution < -0.4 is 10.6 Å². The average molecular weight is 395 g/mol. The first-order valence-corrected chi connectivity index (χ1v) is 9.45. The van der Waals surface area contributed by atoms with Crippen molar-refractivity contribution in [1.29, 1.82) is 0 Å². The highest BCUT2D eigenvalue weighted by Gasteiger charge is 2.33. The molecule has 1 atom stereocenters. The molecule has 1 aliphatic heterocycles. The lowest BCUT2D eigenvalue weighted by Crippen LogP contribution is -2.39. The van der Waals surface area contributed by atoms with Crippen LogP contribution in [0.4, 0.5) is 19.3 Å². The summed E-state index contributed by atoms with van der Waals surface area (Å²) in [7, 11) is 0. The van der Waals surface area contributed by atoms with E-state index in [9.17, 15) is 18.4 Å². The Kier molecular flexibility index (Phi) is 5.94. The van der Waals surface area contributed by atoms with Gasteiger partial charge < -0.3 is 15.5 Å². The van der Waals surface area contributed by atoms with Gasteiger partial charge in [-0.3, -0.25) is 4.79 Å². The maximum absolute atomic E-state index is 13.3. The van der Waals surface area contributed by atoms with Gasteiger partial charge in [0.05, 0.1) is 6.04 Å². The lowest BCUT2D eigenvalue weighted by Gasteiger charge is -2.22. The summed E-state index contributed by atoms with van der Waals surface area (Å²) in [5.41, 5.74) is 0.122. The highest BCUT2D eigenvalue weighted by molar-refractivity contribution is 7.13. The largest absolute Gasteiger partial charge is 0.338 e. The minimum Gasteiger partial charge on any atom is -0.338 e. The number of rotatable bonds is 5. The van der Waals surface area contributed by atoms with E-state index in [0.717, 1.165) is 42.7 Å². The second-order valence-corrected chi connectivity index (χ2v) is 7.12. The van der Waals surface area contributed by atoms with Gasteiger partial charge in [-0.1, -0.05) is 18.3 Å². The molecule has 10 heteroatoms. The third kappa shape index (κ3) is 4.38. The molecular weight excluding hydrogens is 376 g/mol. The van der Waals surface area contributed by atoms with Gasteiger partial charge in [0.1, 0.15) is 5.01 Å². The molecule has 144 valence electrons. The molecular formula is C17H19F2N5O2S. The molecule has 0 aliphatic carbocycles. The Hall–Kier alpha value is -2.62. The number of benzene rings is 1. The van der Waals surface area contributed by atoms with E-state index < -0.39 is 17.5 Å². The molecule has 1 aliphatic rings. The Morgan fingerprint density at radius 2 is 2.11 bits per heavy atom. The van der Waals surface area contributed by atoms with E-state index in [4.69, 9.17) is 0 Å². The lowest BCUT2D eigenvalue weighted by molar-refractivity contribution is 0.102. The molecule has 1 fully saturated rings. The van der Waals surface area contributed by atoms with Crippen molar-refractivity contribution in [1.82, 2.24) is 20.4 Å². The van der Waals surface area contributed by atoms with Crippen LogP contribution in [0.25, 0.3) is 0 Å². The fourth-order valence-corrected chi connectivity index (χ4v) is 3.71. The summed E-state index contributed by atoms with van der Waals surface area (Å²) in [5, 5.41) is 13.9. The fraction of sp³-hybridized carbons (Fsp3) is 0.412. The Balaban J connectivity index is 1.69. The SMILES string of the molecule is CCCNC(=O)N1CCC[C@H]1c1nnc(C(=O)Nc2ccc(F)c(F)c2)s1. The number of hydrogen-bond donors (Lipinski definition) is 2. The van der Waals surface area contributed by atoms with E-state index in [1.54, 1.807) is 4.90 Å². The molecule has 0 bridgehead atoms. The predicted octanol–water partition coefficient (Wildman–Crippen LogP) is 3.33. The summed E-state index contributed by atoms with van der Waals surface area (Å²) in [4.78, 5) is 26.2. The smallest absolute Gasteiger partial charge is 0.317 e. The number of carbonyl (C=O) groups excluding carboxylic acids is 2. The van der Waals surface area contributed by atoms with E-state index in [1.807, 2.05) is 6.92 Å². The number of anilines is 1. The van der Waals surface area contributed by atoms with Gasteiger partial charge in [-0.25, -0.2) is 13.6 Å². The Morgan fingerprint density at radius 3 is 2.85 bits per heavy atom. The summed E-state index contributed by atoms with van der Waals surface area (Å²) < 4.78 is 26.2. The van der Waals surface area contributed by atoms with Crippen molar-refractivity contribution in [3.63, 3.8) is 0 Å². The molecule has 1 aromatic heterocycles. The Morgan fingerprint density at radius 1 is 1.30 bits per heavy atom. The van der Waals surface area contributed by atoms with E-state index in [2.05, 4.69) is 20.8 Å². The summed E-state index contributed by atoms with van der Waals surface area (Å²) in [5.74, 6) is -2.61. The molecule has 27 heavy (non-hydrogen) atoms. The van der Waals surface area contributed by atoms with Crippen LogP contribution in [-0.2, 0) is 0 Å². The van der Waals surface area contributed by atoms with Crippen molar-refractivity contribution in [3.05, 3.63) is 39.8 Å². The monoisotopic (exact) mass is 395 g/mol. The topological polar surface area (TPSA) is 87.2 Å². The van der Waals surface area contributed by atoms with Crippen molar-refractivity contribution in [3.8, 4) is 0 Å². The maximum Gasteiger partial charge on any atom is 0.317 e. The fourth-order valence-electron chi connectivity index (χ4n) is 2.82. The number of aromatic nitrogens is 2. The first kappa shape index (κ1) is 19.2. The maximum atomic E-state index is 13.3. The molecule has 2 heterocycles. The minimum absolute atomic E-state index is 0.0931. The van der Waals surface area contributed by atoms with Crippen LogP contribution in [-0.4, -0.2) is 40.1 Å². The summed E-state index contributed by atoms with van der Waals surface area (Å²) in [6.45, 7) is 3.20. The van der Waals surface area contributed by atoms with Gasteiger partial charge >= 0.3 is 6.03 Å². The highest BCUT2D eigenvalue weighted by Crippen LogP contribution is 2.33. The number of nitrogens with zero attached hydrogens (tertiary/aromatic N) is 3. The van der Waals surface area contributed by atoms with E-state index in [-0.39, 0.29) is 22.8 Å². The van der Waals surface area contributed by atoms with Gasteiger partial charge in [-0.15, -0.1) is 10.2 Å². The molecule has 2 N–H and O–H groups in total. The third-order valence-corrected chi connectivity index (χ3v) is 5.16. The van der Waals surface area contributed by atoms with E-state index >= 15 is 0 Å². The normalized spacial score (nSPS) is 16.4. The van der Waals surface area contributed by atoms with Crippen LogP contribution >= 0.6 is 11.3 Å². The van der Waals surface area contributed by atoms with E-state index in [0.29, 0.717) is 18.1 Å². The van der Waals surface area contributed by atoms with Crippen LogP contribution in [0, 0.1) is 11.6 Å². The van der Waals surface area contributed by atoms with Crippen molar-refractivity contribution in [2.45, 2.75) is 32.2 Å². The first-order chi connectivity index (χ1) is 13.0. The molecule has 0 radical (unpaired) electrons. The van der Waals surface area contributed by atoms with Gasteiger partial charge in [0.25, 0.3) is 5.91 Å². The van der Waals surface area contributed by atoms with Crippen LogP contribution in [0.1, 0.15) is 47.0 Å². The second-order valence-electron chi connectivity index (χ2n) is 6.11. The standard InChI is InChI=1S/C17H19F2N5O2S/c1-2-7-20-17(26)24-8-3-4-13(24)15-22-23-16(27-15)14(25)21-10-5-6-11(18)12(19)9-10/h5-6,9,13H,2-4,7-8H2,1H3,(H,20,26)(H,21,25)/t13-/m0/s1. The molecule has 0 saturated carbocycles. The summed E-state index contributed by atoms with van der Waals surface area (Å²) in [6.07, 6.45) is 2.44. The van der Waals surface area contributed by atoms with Crippen LogP contribution in [0.5, 0.6) is 0 Å². The molecule has 1 saturated heterocycles. The zero-order valence-corrected chi connectivity index (χ0v) is 15.5. The quantitative estimate of drug-likeness (QED) is 0.813. The van der Waals surface area contributed by atoms with E-state index in [1.165, 1.54) is 6.07 Å². The van der Waals surface area contributed by atoms with Gasteiger partial charge in [-0.2, -0.15) is 0 Å². The average Bonchev–Trinajstić information content (AvgIpc) is 3.31. The van der Waals surface area contributed by atoms with Crippen LogP contribution in [0.3, 0.4) is 0 Å². The van der Waals surface area contributed by atoms with Gasteiger partial charge in [0.2, 0.25) is 5.01 Å². The molecule has 7 nitrogen and oxygen atoms in total. The first-order valence-electron chi connectivity index (χ1n) is 8.64. The molecule has 0 spiro atoms. The molecule has 3 rings (SSSR count). The van der Waals surface area contributed by atoms with Crippen molar-refractivity contribution in [2.75, 3.05) is 18.4 Å². The number of urea groups is 1. The molecule has 1 aromatic carbocycles. The summed E-state index contributed by atoms with van der Waals surface area (Å²) >= 11 is 1.09. The van der Waals surface area contributed by atoms with Crippen molar-refractivity contribution >= 4 is 29.0 Å². The molecule has 0 unspecified atom stereocenters. The number of halogens is 2. The van der Waals surface area contributed by atoms with Crippen LogP contribution in [0.15, 0.2) is 18.2 Å². The van der Waals surface area contributed by atoms with Gasteiger partial charge in [0, 0.05) is 24.8 Å². The zero-order valence-electron chi connectivity index (χ0n) is 14.7. The number of likely N-dealkylation sites (tertiary alicyclic amines) is 1. The van der Waals surface area contributed by atoms with Crippen LogP contribution in [0.2, 0.25) is 0 Å². The van der Waals surface area contributed by atoms with Gasteiger partial charge in [-0.05, 0) is 31.4 Å². The lowest BCUT2D eigenvalue weighted by atomic mass is 10.2. The number of amides is 3. The highest BCUT2D eigenvalue weighted by atomic mass is 32.1.